The summed E-state index contributed by atoms with van der Waals surface area (Å²) in [6, 6.07) is 5.31. The fourth-order valence-corrected chi connectivity index (χ4v) is 1.75. The van der Waals surface area contributed by atoms with Crippen LogP contribution in [0, 0.1) is 0 Å². The van der Waals surface area contributed by atoms with Crippen molar-refractivity contribution in [2.24, 2.45) is 0 Å². The predicted octanol–water partition coefficient (Wildman–Crippen LogP) is 2.28. The highest BCUT2D eigenvalue weighted by atomic mass is 16.5. The Kier molecular flexibility index (Phi) is 6.15. The monoisotopic (exact) mass is 266 g/mol. The van der Waals surface area contributed by atoms with Crippen molar-refractivity contribution in [3.63, 3.8) is 0 Å². The molecule has 19 heavy (non-hydrogen) atoms. The van der Waals surface area contributed by atoms with Crippen LogP contribution in [0.4, 0.5) is 11.4 Å². The minimum absolute atomic E-state index is 0.141. The van der Waals surface area contributed by atoms with E-state index in [0.717, 1.165) is 12.1 Å². The van der Waals surface area contributed by atoms with Gasteiger partial charge in [0.05, 0.1) is 18.8 Å². The van der Waals surface area contributed by atoms with Crippen LogP contribution in [0.15, 0.2) is 18.2 Å². The molecule has 0 amide bonds. The van der Waals surface area contributed by atoms with Crippen molar-refractivity contribution in [1.29, 1.82) is 0 Å². The van der Waals surface area contributed by atoms with Gasteiger partial charge in [-0.25, -0.2) is 4.79 Å². The van der Waals surface area contributed by atoms with E-state index >= 15 is 0 Å². The maximum Gasteiger partial charge on any atom is 0.340 e. The average Bonchev–Trinajstić information content (AvgIpc) is 2.40. The normalized spacial score (nSPS) is 11.9. The van der Waals surface area contributed by atoms with Crippen molar-refractivity contribution in [2.75, 3.05) is 31.4 Å². The summed E-state index contributed by atoms with van der Waals surface area (Å²) in [5.41, 5.74) is 7.43. The van der Waals surface area contributed by atoms with E-state index in [-0.39, 0.29) is 12.0 Å². The Bertz CT molecular complexity index is 421. The van der Waals surface area contributed by atoms with E-state index in [9.17, 15) is 4.79 Å². The molecule has 0 saturated carbocycles. The van der Waals surface area contributed by atoms with Crippen LogP contribution < -0.4 is 11.1 Å². The zero-order valence-corrected chi connectivity index (χ0v) is 11.7. The number of anilines is 2. The lowest BCUT2D eigenvalue weighted by Crippen LogP contribution is -2.25. The number of nitrogen functional groups attached to an aromatic ring is 1. The Balaban J connectivity index is 2.95. The molecule has 0 radical (unpaired) electrons. The van der Waals surface area contributed by atoms with Gasteiger partial charge < -0.3 is 20.5 Å². The van der Waals surface area contributed by atoms with Gasteiger partial charge in [-0.05, 0) is 31.5 Å². The Morgan fingerprint density at radius 2 is 2.16 bits per heavy atom. The van der Waals surface area contributed by atoms with Gasteiger partial charge in [-0.2, -0.15) is 0 Å². The molecule has 0 aromatic heterocycles. The second-order valence-electron chi connectivity index (χ2n) is 4.23. The number of benzene rings is 1. The lowest BCUT2D eigenvalue weighted by atomic mass is 10.1. The van der Waals surface area contributed by atoms with E-state index in [1.807, 2.05) is 0 Å². The molecule has 1 aromatic carbocycles. The Morgan fingerprint density at radius 1 is 1.42 bits per heavy atom. The number of hydrogen-bond acceptors (Lipinski definition) is 5. The molecular formula is C14H22N2O3. The van der Waals surface area contributed by atoms with Gasteiger partial charge in [-0.3, -0.25) is 0 Å². The molecule has 0 aliphatic rings. The Morgan fingerprint density at radius 3 is 2.74 bits per heavy atom. The van der Waals surface area contributed by atoms with Gasteiger partial charge in [0.15, 0.2) is 0 Å². The molecule has 0 bridgehead atoms. The van der Waals surface area contributed by atoms with E-state index in [2.05, 4.69) is 12.2 Å². The zero-order chi connectivity index (χ0) is 14.3. The van der Waals surface area contributed by atoms with E-state index < -0.39 is 0 Å². The topological polar surface area (TPSA) is 73.6 Å². The molecule has 0 saturated heterocycles. The summed E-state index contributed by atoms with van der Waals surface area (Å²) in [4.78, 5) is 11.9. The number of nitrogens with one attached hydrogen (secondary N) is 1. The molecule has 5 heteroatoms. The first-order valence-electron chi connectivity index (χ1n) is 6.44. The van der Waals surface area contributed by atoms with Crippen LogP contribution in [0.5, 0.6) is 0 Å². The molecule has 0 spiro atoms. The van der Waals surface area contributed by atoms with Crippen molar-refractivity contribution in [3.05, 3.63) is 23.8 Å². The fraction of sp³-hybridized carbons (Fsp3) is 0.500. The predicted molar refractivity (Wildman–Crippen MR) is 76.4 cm³/mol. The summed E-state index contributed by atoms with van der Waals surface area (Å²) in [7, 11) is 1.65. The first kappa shape index (κ1) is 15.3. The van der Waals surface area contributed by atoms with Gasteiger partial charge in [0.2, 0.25) is 0 Å². The molecule has 5 nitrogen and oxygen atoms in total. The summed E-state index contributed by atoms with van der Waals surface area (Å²) in [6.07, 6.45) is 0.889. The second kappa shape index (κ2) is 7.63. The molecule has 0 aliphatic heterocycles. The maximum atomic E-state index is 11.9. The van der Waals surface area contributed by atoms with Gasteiger partial charge in [-0.15, -0.1) is 0 Å². The number of methoxy groups -OCH3 is 1. The number of carbonyl (C=O) groups is 1. The lowest BCUT2D eigenvalue weighted by Gasteiger charge is -2.19. The van der Waals surface area contributed by atoms with E-state index in [0.29, 0.717) is 24.5 Å². The Hall–Kier alpha value is -1.75. The summed E-state index contributed by atoms with van der Waals surface area (Å²) in [5.74, 6) is -0.371. The van der Waals surface area contributed by atoms with Crippen LogP contribution >= 0.6 is 0 Å². The smallest absolute Gasteiger partial charge is 0.340 e. The molecule has 106 valence electrons. The molecular weight excluding hydrogens is 244 g/mol. The summed E-state index contributed by atoms with van der Waals surface area (Å²) < 4.78 is 10.2. The van der Waals surface area contributed by atoms with Crippen molar-refractivity contribution in [1.82, 2.24) is 0 Å². The highest BCUT2D eigenvalue weighted by molar-refractivity contribution is 5.96. The molecule has 3 N–H and O–H groups in total. The highest BCUT2D eigenvalue weighted by Gasteiger charge is 2.15. The quantitative estimate of drug-likeness (QED) is 0.585. The number of hydrogen-bond donors (Lipinski definition) is 2. The third-order valence-electron chi connectivity index (χ3n) is 2.76. The van der Waals surface area contributed by atoms with Crippen LogP contribution in [0.25, 0.3) is 0 Å². The molecule has 1 atom stereocenters. The molecule has 1 rings (SSSR count). The van der Waals surface area contributed by atoms with Gasteiger partial charge >= 0.3 is 5.97 Å². The highest BCUT2D eigenvalue weighted by Crippen LogP contribution is 2.21. The molecule has 1 unspecified atom stereocenters. The van der Waals surface area contributed by atoms with Crippen molar-refractivity contribution < 1.29 is 14.3 Å². The van der Waals surface area contributed by atoms with Crippen LogP contribution in [-0.4, -0.2) is 32.3 Å². The minimum Gasteiger partial charge on any atom is -0.462 e. The van der Waals surface area contributed by atoms with Crippen LogP contribution in [0.3, 0.4) is 0 Å². The first-order chi connectivity index (χ1) is 9.12. The molecule has 0 aliphatic carbocycles. The number of esters is 1. The van der Waals surface area contributed by atoms with Gasteiger partial charge in [-0.1, -0.05) is 6.92 Å². The molecule has 0 heterocycles. The van der Waals surface area contributed by atoms with Gasteiger partial charge in [0.25, 0.3) is 0 Å². The molecule has 1 aromatic rings. The fourth-order valence-electron chi connectivity index (χ4n) is 1.75. The zero-order valence-electron chi connectivity index (χ0n) is 11.7. The van der Waals surface area contributed by atoms with Crippen LogP contribution in [-0.2, 0) is 9.47 Å². The molecule has 0 fully saturated rings. The van der Waals surface area contributed by atoms with E-state index in [4.69, 9.17) is 15.2 Å². The van der Waals surface area contributed by atoms with Crippen molar-refractivity contribution in [2.45, 2.75) is 26.3 Å². The van der Waals surface area contributed by atoms with Crippen molar-refractivity contribution >= 4 is 17.3 Å². The summed E-state index contributed by atoms with van der Waals surface area (Å²) in [5, 5.41) is 3.28. The van der Waals surface area contributed by atoms with Gasteiger partial charge in [0.1, 0.15) is 0 Å². The van der Waals surface area contributed by atoms with Crippen molar-refractivity contribution in [3.8, 4) is 0 Å². The van der Waals surface area contributed by atoms with Crippen LogP contribution in [0.1, 0.15) is 30.6 Å². The van der Waals surface area contributed by atoms with E-state index in [1.54, 1.807) is 32.2 Å². The first-order valence-corrected chi connectivity index (χ1v) is 6.44. The van der Waals surface area contributed by atoms with Gasteiger partial charge in [0, 0.05) is 24.5 Å². The Labute approximate surface area is 114 Å². The third kappa shape index (κ3) is 4.44. The number of rotatable bonds is 7. The maximum absolute atomic E-state index is 11.9. The average molecular weight is 266 g/mol. The number of nitrogens with two attached hydrogens (primary N) is 1. The number of ether oxygens (including phenoxy) is 2. The third-order valence-corrected chi connectivity index (χ3v) is 2.76. The SMILES string of the molecule is CCOC(=O)c1cc(N)ccc1NC(CC)COC. The summed E-state index contributed by atoms with van der Waals surface area (Å²) in [6.45, 7) is 4.74. The number of carbonyl (C=O) groups excluding carboxylic acids is 1. The summed E-state index contributed by atoms with van der Waals surface area (Å²) >= 11 is 0. The van der Waals surface area contributed by atoms with E-state index in [1.165, 1.54) is 0 Å². The minimum atomic E-state index is -0.371. The second-order valence-corrected chi connectivity index (χ2v) is 4.23. The largest absolute Gasteiger partial charge is 0.462 e. The standard InChI is InChI=1S/C14H22N2O3/c1-4-11(9-18-3)16-13-7-6-10(15)8-12(13)14(17)19-5-2/h6-8,11,16H,4-5,9,15H2,1-3H3. The lowest BCUT2D eigenvalue weighted by molar-refractivity contribution is 0.0527. The van der Waals surface area contributed by atoms with Crippen LogP contribution in [0.2, 0.25) is 0 Å².